The van der Waals surface area contributed by atoms with Gasteiger partial charge in [0, 0.05) is 42.8 Å². The molecule has 0 spiro atoms. The summed E-state index contributed by atoms with van der Waals surface area (Å²) in [5.41, 5.74) is 1.44. The maximum absolute atomic E-state index is 12.7. The minimum Gasteiger partial charge on any atom is -0.444 e. The average molecular weight is 431 g/mol. The second-order valence-electron chi connectivity index (χ2n) is 8.44. The summed E-state index contributed by atoms with van der Waals surface area (Å²) in [7, 11) is 0. The van der Waals surface area contributed by atoms with E-state index in [1.54, 1.807) is 28.6 Å². The van der Waals surface area contributed by atoms with E-state index in [0.717, 1.165) is 41.9 Å². The molecule has 0 unspecified atom stereocenters. The van der Waals surface area contributed by atoms with Gasteiger partial charge in [0.05, 0.1) is 10.7 Å². The second-order valence-corrected chi connectivity index (χ2v) is 9.38. The van der Waals surface area contributed by atoms with Crippen LogP contribution >= 0.6 is 11.3 Å². The van der Waals surface area contributed by atoms with Crippen LogP contribution in [-0.2, 0) is 16.0 Å². The number of aryl methyl sites for hydroxylation is 1. The molecule has 1 fully saturated rings. The summed E-state index contributed by atoms with van der Waals surface area (Å²) in [5, 5.41) is 6.08. The fourth-order valence-corrected chi connectivity index (χ4v) is 4.24. The summed E-state index contributed by atoms with van der Waals surface area (Å²) >= 11 is 1.63. The molecule has 1 N–H and O–H groups in total. The van der Waals surface area contributed by atoms with E-state index in [1.165, 1.54) is 0 Å². The molecule has 1 saturated heterocycles. The fourth-order valence-electron chi connectivity index (χ4n) is 3.39. The van der Waals surface area contributed by atoms with Crippen LogP contribution in [0.5, 0.6) is 0 Å². The maximum Gasteiger partial charge on any atom is 0.410 e. The number of likely N-dealkylation sites (tertiary alicyclic amines) is 1. The molecular weight excluding hydrogens is 400 g/mol. The number of thiazole rings is 1. The van der Waals surface area contributed by atoms with Crippen LogP contribution in [0.25, 0.3) is 11.3 Å². The second kappa shape index (κ2) is 10.0. The Morgan fingerprint density at radius 1 is 1.27 bits per heavy atom. The van der Waals surface area contributed by atoms with Crippen LogP contribution in [0, 0.1) is 0 Å². The van der Waals surface area contributed by atoms with Gasteiger partial charge in [-0.1, -0.05) is 0 Å². The molecule has 162 valence electrons. The number of rotatable bonds is 6. The van der Waals surface area contributed by atoms with Crippen molar-refractivity contribution in [3.8, 4) is 11.3 Å². The lowest BCUT2D eigenvalue weighted by molar-refractivity contribution is -0.127. The standard InChI is InChI=1S/C22H30N4O3S/c1-22(2,3)29-21(28)26-14-5-4-7-18(26)20(27)24-11-6-8-19-25-17(15-30-19)16-9-12-23-13-10-16/h9-10,12-13,15,18H,4-8,11,14H2,1-3H3,(H,24,27)/t18-/m0/s1. The summed E-state index contributed by atoms with van der Waals surface area (Å²) in [4.78, 5) is 35.4. The molecule has 8 heteroatoms. The van der Waals surface area contributed by atoms with E-state index in [0.29, 0.717) is 19.5 Å². The van der Waals surface area contributed by atoms with Gasteiger partial charge in [-0.2, -0.15) is 0 Å². The van der Waals surface area contributed by atoms with Crippen LogP contribution < -0.4 is 5.32 Å². The van der Waals surface area contributed by atoms with E-state index >= 15 is 0 Å². The molecule has 2 amide bonds. The van der Waals surface area contributed by atoms with Crippen LogP contribution in [0.3, 0.4) is 0 Å². The van der Waals surface area contributed by atoms with Crippen LogP contribution in [0.1, 0.15) is 51.5 Å². The Labute approximate surface area is 181 Å². The highest BCUT2D eigenvalue weighted by atomic mass is 32.1. The number of carbonyl (C=O) groups is 2. The molecule has 1 atom stereocenters. The number of aromatic nitrogens is 2. The third-order valence-electron chi connectivity index (χ3n) is 4.83. The van der Waals surface area contributed by atoms with Gasteiger partial charge in [-0.15, -0.1) is 11.3 Å². The van der Waals surface area contributed by atoms with Crippen LogP contribution in [0.2, 0.25) is 0 Å². The summed E-state index contributed by atoms with van der Waals surface area (Å²) in [6, 6.07) is 3.44. The first kappa shape index (κ1) is 22.2. The van der Waals surface area contributed by atoms with E-state index in [1.807, 2.05) is 38.3 Å². The smallest absolute Gasteiger partial charge is 0.410 e. The van der Waals surface area contributed by atoms with Gasteiger partial charge in [0.2, 0.25) is 5.91 Å². The number of piperidine rings is 1. The minimum absolute atomic E-state index is 0.0998. The third-order valence-corrected chi connectivity index (χ3v) is 5.74. The number of amides is 2. The van der Waals surface area contributed by atoms with Gasteiger partial charge in [-0.25, -0.2) is 9.78 Å². The number of hydrogen-bond acceptors (Lipinski definition) is 6. The number of carbonyl (C=O) groups excluding carboxylic acids is 2. The lowest BCUT2D eigenvalue weighted by atomic mass is 10.0. The monoisotopic (exact) mass is 430 g/mol. The van der Waals surface area contributed by atoms with Crippen molar-refractivity contribution in [2.24, 2.45) is 0 Å². The summed E-state index contributed by atoms with van der Waals surface area (Å²) in [6.45, 7) is 6.62. The van der Waals surface area contributed by atoms with Gasteiger partial charge < -0.3 is 10.1 Å². The lowest BCUT2D eigenvalue weighted by Gasteiger charge is -2.35. The molecule has 30 heavy (non-hydrogen) atoms. The van der Waals surface area contributed by atoms with Gasteiger partial charge in [0.1, 0.15) is 11.6 Å². The van der Waals surface area contributed by atoms with Gasteiger partial charge in [0.15, 0.2) is 0 Å². The number of pyridine rings is 1. The van der Waals surface area contributed by atoms with E-state index < -0.39 is 17.7 Å². The van der Waals surface area contributed by atoms with E-state index in [9.17, 15) is 9.59 Å². The van der Waals surface area contributed by atoms with Gasteiger partial charge in [-0.3, -0.25) is 14.7 Å². The first-order valence-electron chi connectivity index (χ1n) is 10.5. The molecule has 0 bridgehead atoms. The molecule has 3 heterocycles. The SMILES string of the molecule is CC(C)(C)OC(=O)N1CCCC[C@H]1C(=O)NCCCc1nc(-c2ccncc2)cs1. The van der Waals surface area contributed by atoms with Crippen LogP contribution in [0.15, 0.2) is 29.9 Å². The Hall–Kier alpha value is -2.48. The number of ether oxygens (including phenoxy) is 1. The molecule has 0 saturated carbocycles. The zero-order chi connectivity index (χ0) is 21.6. The Kier molecular flexibility index (Phi) is 7.42. The molecule has 3 rings (SSSR count). The number of hydrogen-bond donors (Lipinski definition) is 1. The third kappa shape index (κ3) is 6.26. The molecular formula is C22H30N4O3S. The predicted octanol–water partition coefficient (Wildman–Crippen LogP) is 4.04. The lowest BCUT2D eigenvalue weighted by Crippen LogP contribution is -2.53. The van der Waals surface area contributed by atoms with Crippen molar-refractivity contribution in [2.75, 3.05) is 13.1 Å². The van der Waals surface area contributed by atoms with Crippen molar-refractivity contribution in [1.29, 1.82) is 0 Å². The van der Waals surface area contributed by atoms with Crippen molar-refractivity contribution < 1.29 is 14.3 Å². The van der Waals surface area contributed by atoms with Crippen LogP contribution in [0.4, 0.5) is 4.79 Å². The predicted molar refractivity (Wildman–Crippen MR) is 117 cm³/mol. The highest BCUT2D eigenvalue weighted by molar-refractivity contribution is 7.09. The average Bonchev–Trinajstić information content (AvgIpc) is 3.19. The number of nitrogens with zero attached hydrogens (tertiary/aromatic N) is 3. The zero-order valence-corrected chi connectivity index (χ0v) is 18.7. The molecule has 1 aliphatic heterocycles. The molecule has 1 aliphatic rings. The van der Waals surface area contributed by atoms with E-state index in [2.05, 4.69) is 15.3 Å². The normalized spacial score (nSPS) is 16.9. The van der Waals surface area contributed by atoms with E-state index in [-0.39, 0.29) is 5.91 Å². The van der Waals surface area contributed by atoms with E-state index in [4.69, 9.17) is 4.74 Å². The van der Waals surface area contributed by atoms with Crippen molar-refractivity contribution in [1.82, 2.24) is 20.2 Å². The highest BCUT2D eigenvalue weighted by Crippen LogP contribution is 2.22. The van der Waals surface area contributed by atoms with Crippen molar-refractivity contribution in [2.45, 2.75) is 64.5 Å². The largest absolute Gasteiger partial charge is 0.444 e. The van der Waals surface area contributed by atoms with Crippen molar-refractivity contribution >= 4 is 23.3 Å². The molecule has 2 aromatic heterocycles. The summed E-state index contributed by atoms with van der Waals surface area (Å²) in [5.74, 6) is -0.0998. The van der Waals surface area contributed by atoms with Crippen molar-refractivity contribution in [3.63, 3.8) is 0 Å². The highest BCUT2D eigenvalue weighted by Gasteiger charge is 2.34. The Balaban J connectivity index is 1.46. The molecule has 0 radical (unpaired) electrons. The topological polar surface area (TPSA) is 84.4 Å². The molecule has 7 nitrogen and oxygen atoms in total. The quantitative estimate of drug-likeness (QED) is 0.699. The summed E-state index contributed by atoms with van der Waals surface area (Å²) < 4.78 is 5.48. The van der Waals surface area contributed by atoms with Crippen LogP contribution in [-0.4, -0.2) is 51.6 Å². The maximum atomic E-state index is 12.7. The van der Waals surface area contributed by atoms with Crippen molar-refractivity contribution in [3.05, 3.63) is 34.9 Å². The first-order chi connectivity index (χ1) is 14.3. The Morgan fingerprint density at radius 2 is 2.03 bits per heavy atom. The molecule has 2 aromatic rings. The first-order valence-corrected chi connectivity index (χ1v) is 11.3. The molecule has 0 aliphatic carbocycles. The Bertz CT molecular complexity index is 848. The summed E-state index contributed by atoms with van der Waals surface area (Å²) in [6.07, 6.45) is 7.22. The molecule has 0 aromatic carbocycles. The zero-order valence-electron chi connectivity index (χ0n) is 17.9. The minimum atomic E-state index is -0.571. The van der Waals surface area contributed by atoms with Gasteiger partial charge in [-0.05, 0) is 58.6 Å². The number of nitrogens with one attached hydrogen (secondary N) is 1. The van der Waals surface area contributed by atoms with Gasteiger partial charge >= 0.3 is 6.09 Å². The van der Waals surface area contributed by atoms with Gasteiger partial charge in [0.25, 0.3) is 0 Å². The Morgan fingerprint density at radius 3 is 2.77 bits per heavy atom. The fraction of sp³-hybridized carbons (Fsp3) is 0.545.